The Kier molecular flexibility index (Phi) is 1.91. The molecule has 1 aliphatic rings. The fourth-order valence-corrected chi connectivity index (χ4v) is 1.20. The summed E-state index contributed by atoms with van der Waals surface area (Å²) in [7, 11) is 1.76. The van der Waals surface area contributed by atoms with Crippen molar-refractivity contribution in [3.63, 3.8) is 0 Å². The number of rotatable bonds is 2. The van der Waals surface area contributed by atoms with Crippen molar-refractivity contribution in [3.8, 4) is 6.01 Å². The minimum absolute atomic E-state index is 0.217. The van der Waals surface area contributed by atoms with Crippen LogP contribution >= 0.6 is 0 Å². The second kappa shape index (κ2) is 3.06. The molecule has 1 aliphatic heterocycles. The summed E-state index contributed by atoms with van der Waals surface area (Å²) in [5, 5.41) is 14.1. The quantitative estimate of drug-likeness (QED) is 0.612. The van der Waals surface area contributed by atoms with Gasteiger partial charge >= 0.3 is 6.01 Å². The van der Waals surface area contributed by atoms with Gasteiger partial charge in [-0.05, 0) is 23.4 Å². The summed E-state index contributed by atoms with van der Waals surface area (Å²) >= 11 is 0. The molecule has 2 rings (SSSR count). The molecular weight excluding hydrogens is 158 g/mol. The van der Waals surface area contributed by atoms with Gasteiger partial charge in [0.25, 0.3) is 0 Å². The predicted molar refractivity (Wildman–Crippen MR) is 40.7 cm³/mol. The van der Waals surface area contributed by atoms with E-state index in [-0.39, 0.29) is 6.10 Å². The Morgan fingerprint density at radius 2 is 2.58 bits per heavy atom. The van der Waals surface area contributed by atoms with E-state index < -0.39 is 0 Å². The number of nitrogens with zero attached hydrogens (tertiary/aromatic N) is 4. The van der Waals surface area contributed by atoms with Crippen LogP contribution in [0.1, 0.15) is 6.42 Å². The fourth-order valence-electron chi connectivity index (χ4n) is 1.20. The third-order valence-corrected chi connectivity index (χ3v) is 1.87. The van der Waals surface area contributed by atoms with Crippen LogP contribution < -0.4 is 10.1 Å². The lowest BCUT2D eigenvalue weighted by Gasteiger charge is -2.08. The van der Waals surface area contributed by atoms with Crippen LogP contribution in [-0.4, -0.2) is 39.4 Å². The number of hydrogen-bond acceptors (Lipinski definition) is 5. The Labute approximate surface area is 69.9 Å². The molecule has 1 N–H and O–H groups in total. The van der Waals surface area contributed by atoms with Crippen molar-refractivity contribution in [1.29, 1.82) is 0 Å². The molecule has 0 bridgehead atoms. The summed E-state index contributed by atoms with van der Waals surface area (Å²) in [5.74, 6) is 0. The molecule has 0 amide bonds. The molecule has 0 saturated carbocycles. The minimum Gasteiger partial charge on any atom is -0.458 e. The van der Waals surface area contributed by atoms with Crippen LogP contribution in [0.2, 0.25) is 0 Å². The Hall–Kier alpha value is -1.17. The lowest BCUT2D eigenvalue weighted by Crippen LogP contribution is -2.21. The van der Waals surface area contributed by atoms with Crippen molar-refractivity contribution >= 4 is 0 Å². The van der Waals surface area contributed by atoms with Gasteiger partial charge in [0.15, 0.2) is 0 Å². The van der Waals surface area contributed by atoms with Gasteiger partial charge in [-0.25, -0.2) is 0 Å². The first kappa shape index (κ1) is 7.48. The zero-order chi connectivity index (χ0) is 8.39. The highest BCUT2D eigenvalue weighted by molar-refractivity contribution is 4.89. The maximum absolute atomic E-state index is 5.51. The zero-order valence-corrected chi connectivity index (χ0v) is 6.90. The number of aryl methyl sites for hydroxylation is 1. The largest absolute Gasteiger partial charge is 0.458 e. The molecule has 1 aromatic heterocycles. The van der Waals surface area contributed by atoms with E-state index in [9.17, 15) is 0 Å². The van der Waals surface area contributed by atoms with E-state index in [4.69, 9.17) is 4.74 Å². The van der Waals surface area contributed by atoms with Crippen LogP contribution in [0, 0.1) is 0 Å². The van der Waals surface area contributed by atoms with Gasteiger partial charge in [-0.1, -0.05) is 5.10 Å². The first-order valence-electron chi connectivity index (χ1n) is 3.96. The maximum atomic E-state index is 5.51. The number of hydrogen-bond donors (Lipinski definition) is 1. The lowest BCUT2D eigenvalue weighted by atomic mass is 10.3. The summed E-state index contributed by atoms with van der Waals surface area (Å²) in [4.78, 5) is 0. The summed E-state index contributed by atoms with van der Waals surface area (Å²) in [6, 6.07) is 0.490. The molecule has 1 atom stereocenters. The van der Waals surface area contributed by atoms with Gasteiger partial charge in [-0.15, -0.1) is 0 Å². The second-order valence-electron chi connectivity index (χ2n) is 2.82. The molecule has 66 valence electrons. The molecule has 0 aliphatic carbocycles. The van der Waals surface area contributed by atoms with Gasteiger partial charge in [-0.3, -0.25) is 0 Å². The van der Waals surface area contributed by atoms with Crippen LogP contribution in [0.3, 0.4) is 0 Å². The average molecular weight is 169 g/mol. The molecular formula is C6H11N5O. The molecule has 0 spiro atoms. The van der Waals surface area contributed by atoms with E-state index in [2.05, 4.69) is 20.8 Å². The first-order chi connectivity index (χ1) is 5.86. The predicted octanol–water partition coefficient (Wildman–Crippen LogP) is -1.05. The number of nitrogens with one attached hydrogen (secondary N) is 1. The molecule has 1 saturated heterocycles. The highest BCUT2D eigenvalue weighted by Gasteiger charge is 2.18. The van der Waals surface area contributed by atoms with E-state index in [0.717, 1.165) is 19.5 Å². The van der Waals surface area contributed by atoms with E-state index in [1.54, 1.807) is 7.05 Å². The highest BCUT2D eigenvalue weighted by Crippen LogP contribution is 2.08. The monoisotopic (exact) mass is 169 g/mol. The SMILES string of the molecule is Cn1nnnc1OC1CCNC1. The number of tetrazole rings is 1. The molecule has 1 fully saturated rings. The normalized spacial score (nSPS) is 22.9. The van der Waals surface area contributed by atoms with E-state index in [0.29, 0.717) is 6.01 Å². The molecule has 6 heteroatoms. The van der Waals surface area contributed by atoms with Crippen LogP contribution in [0.4, 0.5) is 0 Å². The van der Waals surface area contributed by atoms with Gasteiger partial charge in [0.2, 0.25) is 0 Å². The molecule has 0 radical (unpaired) electrons. The van der Waals surface area contributed by atoms with Crippen LogP contribution in [-0.2, 0) is 7.05 Å². The van der Waals surface area contributed by atoms with Crippen LogP contribution in [0.15, 0.2) is 0 Å². The van der Waals surface area contributed by atoms with Crippen molar-refractivity contribution in [1.82, 2.24) is 25.5 Å². The smallest absolute Gasteiger partial charge is 0.335 e. The Morgan fingerprint density at radius 1 is 1.67 bits per heavy atom. The maximum Gasteiger partial charge on any atom is 0.335 e. The fraction of sp³-hybridized carbons (Fsp3) is 0.833. The van der Waals surface area contributed by atoms with Crippen LogP contribution in [0.5, 0.6) is 6.01 Å². The Morgan fingerprint density at radius 3 is 3.17 bits per heavy atom. The molecule has 6 nitrogen and oxygen atoms in total. The molecule has 0 aromatic carbocycles. The van der Waals surface area contributed by atoms with Crippen LogP contribution in [0.25, 0.3) is 0 Å². The van der Waals surface area contributed by atoms with Gasteiger partial charge in [0.1, 0.15) is 6.10 Å². The number of aromatic nitrogens is 4. The second-order valence-corrected chi connectivity index (χ2v) is 2.82. The summed E-state index contributed by atoms with van der Waals surface area (Å²) in [6.45, 7) is 1.89. The molecule has 1 unspecified atom stereocenters. The van der Waals surface area contributed by atoms with Gasteiger partial charge in [0, 0.05) is 13.6 Å². The van der Waals surface area contributed by atoms with E-state index >= 15 is 0 Å². The Bertz CT molecular complexity index is 254. The van der Waals surface area contributed by atoms with Crippen molar-refractivity contribution in [3.05, 3.63) is 0 Å². The third kappa shape index (κ3) is 1.38. The van der Waals surface area contributed by atoms with Crippen molar-refractivity contribution < 1.29 is 4.74 Å². The van der Waals surface area contributed by atoms with Crippen molar-refractivity contribution in [2.24, 2.45) is 7.05 Å². The number of ether oxygens (including phenoxy) is 1. The molecule has 2 heterocycles. The molecule has 1 aromatic rings. The summed E-state index contributed by atoms with van der Waals surface area (Å²) in [6.07, 6.45) is 1.24. The van der Waals surface area contributed by atoms with Gasteiger partial charge in [0.05, 0.1) is 0 Å². The van der Waals surface area contributed by atoms with Crippen molar-refractivity contribution in [2.45, 2.75) is 12.5 Å². The van der Waals surface area contributed by atoms with Gasteiger partial charge < -0.3 is 10.1 Å². The van der Waals surface area contributed by atoms with E-state index in [1.165, 1.54) is 4.68 Å². The third-order valence-electron chi connectivity index (χ3n) is 1.87. The van der Waals surface area contributed by atoms with Gasteiger partial charge in [-0.2, -0.15) is 4.68 Å². The zero-order valence-electron chi connectivity index (χ0n) is 6.90. The molecule has 12 heavy (non-hydrogen) atoms. The average Bonchev–Trinajstić information content (AvgIpc) is 2.65. The lowest BCUT2D eigenvalue weighted by molar-refractivity contribution is 0.195. The first-order valence-corrected chi connectivity index (χ1v) is 3.96. The van der Waals surface area contributed by atoms with E-state index in [1.807, 2.05) is 0 Å². The summed E-state index contributed by atoms with van der Waals surface area (Å²) in [5.41, 5.74) is 0. The Balaban J connectivity index is 1.98. The standard InChI is InChI=1S/C6H11N5O/c1-11-6(8-9-10-11)12-5-2-3-7-4-5/h5,7H,2-4H2,1H3. The van der Waals surface area contributed by atoms with Crippen molar-refractivity contribution in [2.75, 3.05) is 13.1 Å². The summed E-state index contributed by atoms with van der Waals surface area (Å²) < 4.78 is 7.04. The highest BCUT2D eigenvalue weighted by atomic mass is 16.5. The topological polar surface area (TPSA) is 64.9 Å². The minimum atomic E-state index is 0.217.